The van der Waals surface area contributed by atoms with Crippen LogP contribution in [-0.2, 0) is 15.1 Å². The molecule has 4 unspecified atom stereocenters. The van der Waals surface area contributed by atoms with Gasteiger partial charge in [-0.15, -0.1) is 0 Å². The van der Waals surface area contributed by atoms with Crippen molar-refractivity contribution in [3.8, 4) is 0 Å². The number of amides is 1. The van der Waals surface area contributed by atoms with Gasteiger partial charge in [-0.2, -0.15) is 0 Å². The topological polar surface area (TPSA) is 58.6 Å². The largest absolute Gasteiger partial charge is 0.396 e. The lowest BCUT2D eigenvalue weighted by atomic mass is 9.75. The standard InChI is InChI=1S/C35H45NO3/c1-4-14-33(26(2)36-27(3)38)34(24-37)29-22-21-28(23-29)25-39-35(30-15-8-5-9-16-30,31-17-10-6-11-18-31)32-19-12-7-13-20-32/h5-13,15-20,26,28-29,33-34,37H,4,14,21-25H2,1-3H3,(H,36,38)/t26?,28?,29?,33-,34?/m1/s1. The summed E-state index contributed by atoms with van der Waals surface area (Å²) >= 11 is 0. The highest BCUT2D eigenvalue weighted by molar-refractivity contribution is 5.73. The van der Waals surface area contributed by atoms with E-state index in [-0.39, 0.29) is 30.4 Å². The SMILES string of the molecule is CCC[C@H](C(C)NC(C)=O)C(CO)C1CCC(COC(c2ccccc2)(c2ccccc2)c2ccccc2)C1. The van der Waals surface area contributed by atoms with Crippen LogP contribution in [-0.4, -0.2) is 30.3 Å². The molecule has 4 heteroatoms. The number of hydrogen-bond donors (Lipinski definition) is 2. The molecule has 208 valence electrons. The van der Waals surface area contributed by atoms with E-state index in [4.69, 9.17) is 4.74 Å². The molecule has 1 aliphatic carbocycles. The van der Waals surface area contributed by atoms with E-state index in [0.717, 1.165) is 48.8 Å². The van der Waals surface area contributed by atoms with E-state index in [1.54, 1.807) is 6.92 Å². The van der Waals surface area contributed by atoms with Gasteiger partial charge in [-0.25, -0.2) is 0 Å². The molecule has 3 aromatic carbocycles. The van der Waals surface area contributed by atoms with Crippen molar-refractivity contribution >= 4 is 5.91 Å². The lowest BCUT2D eigenvalue weighted by molar-refractivity contribution is -0.120. The predicted octanol–water partition coefficient (Wildman–Crippen LogP) is 6.96. The Hall–Kier alpha value is -2.95. The Labute approximate surface area is 234 Å². The molecule has 0 heterocycles. The summed E-state index contributed by atoms with van der Waals surface area (Å²) in [6.45, 7) is 6.66. The highest BCUT2D eigenvalue weighted by atomic mass is 16.5. The molecule has 3 aromatic rings. The Bertz CT molecular complexity index is 1040. The summed E-state index contributed by atoms with van der Waals surface area (Å²) in [5, 5.41) is 13.6. The van der Waals surface area contributed by atoms with Crippen molar-refractivity contribution in [2.24, 2.45) is 23.7 Å². The molecular weight excluding hydrogens is 482 g/mol. The summed E-state index contributed by atoms with van der Waals surface area (Å²) in [5.74, 6) is 1.29. The second-order valence-corrected chi connectivity index (χ2v) is 11.3. The van der Waals surface area contributed by atoms with E-state index in [1.807, 2.05) is 0 Å². The minimum Gasteiger partial charge on any atom is -0.396 e. The van der Waals surface area contributed by atoms with Crippen LogP contribution in [0.5, 0.6) is 0 Å². The van der Waals surface area contributed by atoms with Crippen LogP contribution in [0.3, 0.4) is 0 Å². The Balaban J connectivity index is 1.58. The van der Waals surface area contributed by atoms with Crippen LogP contribution in [0.15, 0.2) is 91.0 Å². The van der Waals surface area contributed by atoms with Crippen molar-refractivity contribution in [1.29, 1.82) is 0 Å². The number of aliphatic hydroxyl groups excluding tert-OH is 1. The molecule has 1 amide bonds. The summed E-state index contributed by atoms with van der Waals surface area (Å²) in [6.07, 6.45) is 5.25. The molecule has 0 bridgehead atoms. The molecule has 0 saturated heterocycles. The van der Waals surface area contributed by atoms with E-state index in [2.05, 4.69) is 110 Å². The van der Waals surface area contributed by atoms with Crippen molar-refractivity contribution in [1.82, 2.24) is 5.32 Å². The molecule has 0 aromatic heterocycles. The summed E-state index contributed by atoms with van der Waals surface area (Å²) in [4.78, 5) is 11.8. The highest BCUT2D eigenvalue weighted by Crippen LogP contribution is 2.44. The van der Waals surface area contributed by atoms with Crippen LogP contribution in [0.2, 0.25) is 0 Å². The first kappa shape index (κ1) is 29.0. The maximum absolute atomic E-state index is 11.8. The third-order valence-electron chi connectivity index (χ3n) is 8.72. The zero-order valence-corrected chi connectivity index (χ0v) is 23.8. The van der Waals surface area contributed by atoms with Gasteiger partial charge in [-0.1, -0.05) is 104 Å². The molecule has 1 fully saturated rings. The molecule has 5 atom stereocenters. The number of aliphatic hydroxyl groups is 1. The second kappa shape index (κ2) is 13.9. The molecule has 1 saturated carbocycles. The maximum atomic E-state index is 11.8. The van der Waals surface area contributed by atoms with Gasteiger partial charge in [0.1, 0.15) is 5.60 Å². The molecule has 0 radical (unpaired) electrons. The van der Waals surface area contributed by atoms with Crippen LogP contribution in [0.25, 0.3) is 0 Å². The first-order chi connectivity index (χ1) is 19.0. The molecule has 4 rings (SSSR count). The fourth-order valence-electron chi connectivity index (χ4n) is 6.90. The lowest BCUT2D eigenvalue weighted by Crippen LogP contribution is -2.42. The van der Waals surface area contributed by atoms with Gasteiger partial charge < -0.3 is 15.2 Å². The first-order valence-corrected chi connectivity index (χ1v) is 14.7. The third-order valence-corrected chi connectivity index (χ3v) is 8.72. The van der Waals surface area contributed by atoms with Gasteiger partial charge in [-0.3, -0.25) is 4.79 Å². The normalized spacial score (nSPS) is 19.8. The predicted molar refractivity (Wildman–Crippen MR) is 158 cm³/mol. The summed E-state index contributed by atoms with van der Waals surface area (Å²) in [6, 6.07) is 31.7. The van der Waals surface area contributed by atoms with Gasteiger partial charge >= 0.3 is 0 Å². The quantitative estimate of drug-likeness (QED) is 0.236. The Kier molecular flexibility index (Phi) is 10.4. The van der Waals surface area contributed by atoms with Gasteiger partial charge in [0.05, 0.1) is 6.61 Å². The van der Waals surface area contributed by atoms with E-state index >= 15 is 0 Å². The van der Waals surface area contributed by atoms with Crippen LogP contribution in [0, 0.1) is 23.7 Å². The van der Waals surface area contributed by atoms with Gasteiger partial charge in [0.2, 0.25) is 5.91 Å². The molecule has 4 nitrogen and oxygen atoms in total. The van der Waals surface area contributed by atoms with Crippen LogP contribution in [0.4, 0.5) is 0 Å². The van der Waals surface area contributed by atoms with E-state index in [9.17, 15) is 9.90 Å². The van der Waals surface area contributed by atoms with Gasteiger partial charge in [0.15, 0.2) is 0 Å². The fraction of sp³-hybridized carbons (Fsp3) is 0.457. The molecule has 0 aliphatic heterocycles. The number of carbonyl (C=O) groups is 1. The molecule has 2 N–H and O–H groups in total. The van der Waals surface area contributed by atoms with Crippen LogP contribution >= 0.6 is 0 Å². The number of rotatable bonds is 13. The average Bonchev–Trinajstić information content (AvgIpc) is 3.43. The number of nitrogens with one attached hydrogen (secondary N) is 1. The Morgan fingerprint density at radius 3 is 1.87 bits per heavy atom. The summed E-state index contributed by atoms with van der Waals surface area (Å²) in [5.41, 5.74) is 2.66. The number of benzene rings is 3. The number of hydrogen-bond acceptors (Lipinski definition) is 3. The van der Waals surface area contributed by atoms with Crippen molar-refractivity contribution in [2.75, 3.05) is 13.2 Å². The van der Waals surface area contributed by atoms with E-state index in [1.165, 1.54) is 0 Å². The van der Waals surface area contributed by atoms with Crippen molar-refractivity contribution in [2.45, 2.75) is 64.5 Å². The van der Waals surface area contributed by atoms with E-state index < -0.39 is 5.60 Å². The minimum atomic E-state index is -0.705. The van der Waals surface area contributed by atoms with Crippen molar-refractivity contribution < 1.29 is 14.6 Å². The zero-order chi connectivity index (χ0) is 27.7. The Morgan fingerprint density at radius 1 is 0.923 bits per heavy atom. The number of ether oxygens (including phenoxy) is 1. The molecule has 39 heavy (non-hydrogen) atoms. The smallest absolute Gasteiger partial charge is 0.217 e. The first-order valence-electron chi connectivity index (χ1n) is 14.7. The summed E-state index contributed by atoms with van der Waals surface area (Å²) in [7, 11) is 0. The third kappa shape index (κ3) is 6.80. The molecule has 1 aliphatic rings. The Morgan fingerprint density at radius 2 is 1.44 bits per heavy atom. The summed E-state index contributed by atoms with van der Waals surface area (Å²) < 4.78 is 7.12. The van der Waals surface area contributed by atoms with Gasteiger partial charge in [-0.05, 0) is 73.0 Å². The fourth-order valence-corrected chi connectivity index (χ4v) is 6.90. The van der Waals surface area contributed by atoms with Crippen molar-refractivity contribution in [3.63, 3.8) is 0 Å². The van der Waals surface area contributed by atoms with Crippen LogP contribution in [0.1, 0.15) is 69.6 Å². The lowest BCUT2D eigenvalue weighted by Gasteiger charge is -2.37. The van der Waals surface area contributed by atoms with E-state index in [0.29, 0.717) is 18.4 Å². The molecule has 0 spiro atoms. The molecular formula is C35H45NO3. The van der Waals surface area contributed by atoms with Crippen LogP contribution < -0.4 is 5.32 Å². The maximum Gasteiger partial charge on any atom is 0.217 e. The minimum absolute atomic E-state index is 0.00272. The number of carbonyl (C=O) groups excluding carboxylic acids is 1. The highest BCUT2D eigenvalue weighted by Gasteiger charge is 2.41. The second-order valence-electron chi connectivity index (χ2n) is 11.3. The van der Waals surface area contributed by atoms with Crippen molar-refractivity contribution in [3.05, 3.63) is 108 Å². The van der Waals surface area contributed by atoms with Gasteiger partial charge in [0.25, 0.3) is 0 Å². The van der Waals surface area contributed by atoms with Gasteiger partial charge in [0, 0.05) is 19.6 Å². The average molecular weight is 528 g/mol. The zero-order valence-electron chi connectivity index (χ0n) is 23.8. The monoisotopic (exact) mass is 527 g/mol.